The van der Waals surface area contributed by atoms with Gasteiger partial charge in [0.05, 0.1) is 16.3 Å². The number of anilines is 3. The molecule has 0 spiro atoms. The fourth-order valence-electron chi connectivity index (χ4n) is 3.81. The number of pyridine rings is 1. The lowest BCUT2D eigenvalue weighted by Crippen LogP contribution is -2.07. The van der Waals surface area contributed by atoms with Crippen LogP contribution in [0.1, 0.15) is 30.0 Å². The zero-order valence-corrected chi connectivity index (χ0v) is 19.9. The van der Waals surface area contributed by atoms with Crippen molar-refractivity contribution in [3.05, 3.63) is 47.5 Å². The highest BCUT2D eigenvalue weighted by Gasteiger charge is 2.22. The minimum atomic E-state index is -3.52. The van der Waals surface area contributed by atoms with E-state index < -0.39 is 9.84 Å². The van der Waals surface area contributed by atoms with E-state index in [-0.39, 0.29) is 4.90 Å². The number of furan rings is 1. The molecule has 8 nitrogen and oxygen atoms in total. The molecular weight excluding hydrogens is 438 g/mol. The van der Waals surface area contributed by atoms with Crippen LogP contribution in [0, 0.1) is 26.7 Å². The Kier molecular flexibility index (Phi) is 5.16. The molecule has 3 aromatic heterocycles. The Balaban J connectivity index is 1.56. The molecule has 0 amide bonds. The summed E-state index contributed by atoms with van der Waals surface area (Å²) < 4.78 is 31.2. The molecule has 3 N–H and O–H groups in total. The van der Waals surface area contributed by atoms with E-state index in [9.17, 15) is 8.42 Å². The monoisotopic (exact) mass is 465 g/mol. The van der Waals surface area contributed by atoms with Gasteiger partial charge >= 0.3 is 0 Å². The average Bonchev–Trinajstić information content (AvgIpc) is 3.41. The van der Waals surface area contributed by atoms with E-state index in [0.717, 1.165) is 29.5 Å². The molecule has 0 bridgehead atoms. The van der Waals surface area contributed by atoms with Crippen LogP contribution < -0.4 is 10.6 Å². The average molecular weight is 466 g/mol. The molecule has 0 saturated heterocycles. The standard InChI is InChI=1S/C24H27N5O3S/c1-13-9-20(32-14(13)2)17-7-8-18(21(10-17)33(4,30)31)28-19-11-22(25-12-16-5-6-16)29-24-23(19)26-15(3)27-24/h7-11,16H,5-6,12H2,1-4H3,(H3,25,26,27,28,29). The Bertz CT molecular complexity index is 1450. The number of aryl methyl sites for hydroxylation is 3. The molecule has 1 fully saturated rings. The predicted molar refractivity (Wildman–Crippen MR) is 130 cm³/mol. The number of sulfone groups is 1. The van der Waals surface area contributed by atoms with Crippen LogP contribution in [-0.2, 0) is 9.84 Å². The molecule has 5 rings (SSSR count). The Morgan fingerprint density at radius 2 is 1.88 bits per heavy atom. The Morgan fingerprint density at radius 3 is 2.55 bits per heavy atom. The maximum atomic E-state index is 12.7. The van der Waals surface area contributed by atoms with Crippen molar-refractivity contribution >= 4 is 38.2 Å². The molecule has 33 heavy (non-hydrogen) atoms. The van der Waals surface area contributed by atoms with Crippen molar-refractivity contribution in [3.63, 3.8) is 0 Å². The van der Waals surface area contributed by atoms with Crippen molar-refractivity contribution in [2.24, 2.45) is 5.92 Å². The quantitative estimate of drug-likeness (QED) is 0.347. The number of imidazole rings is 1. The molecule has 9 heteroatoms. The van der Waals surface area contributed by atoms with Gasteiger partial charge in [-0.25, -0.2) is 18.4 Å². The number of nitrogens with zero attached hydrogens (tertiary/aromatic N) is 2. The minimum Gasteiger partial charge on any atom is -0.461 e. The van der Waals surface area contributed by atoms with E-state index in [4.69, 9.17) is 4.42 Å². The maximum absolute atomic E-state index is 12.7. The fourth-order valence-corrected chi connectivity index (χ4v) is 4.67. The summed E-state index contributed by atoms with van der Waals surface area (Å²) in [6, 6.07) is 9.07. The number of hydrogen-bond donors (Lipinski definition) is 3. The van der Waals surface area contributed by atoms with Crippen molar-refractivity contribution in [2.45, 2.75) is 38.5 Å². The largest absolute Gasteiger partial charge is 0.461 e. The molecule has 172 valence electrons. The van der Waals surface area contributed by atoms with Crippen molar-refractivity contribution in [3.8, 4) is 11.3 Å². The van der Waals surface area contributed by atoms with Gasteiger partial charge in [0.25, 0.3) is 0 Å². The lowest BCUT2D eigenvalue weighted by atomic mass is 10.1. The molecular formula is C24H27N5O3S. The second-order valence-electron chi connectivity index (χ2n) is 8.86. The predicted octanol–water partition coefficient (Wildman–Crippen LogP) is 5.11. The third-order valence-corrected chi connectivity index (χ3v) is 7.08. The number of hydrogen-bond acceptors (Lipinski definition) is 7. The molecule has 3 heterocycles. The third-order valence-electron chi connectivity index (χ3n) is 5.94. The summed E-state index contributed by atoms with van der Waals surface area (Å²) in [6.45, 7) is 6.59. The van der Waals surface area contributed by atoms with Crippen LogP contribution >= 0.6 is 0 Å². The van der Waals surface area contributed by atoms with E-state index in [0.29, 0.717) is 39.8 Å². The second-order valence-corrected chi connectivity index (χ2v) is 10.8. The third kappa shape index (κ3) is 4.45. The van der Waals surface area contributed by atoms with Gasteiger partial charge in [-0.05, 0) is 69.4 Å². The zero-order chi connectivity index (χ0) is 23.3. The Hall–Kier alpha value is -3.33. The number of aromatic nitrogens is 3. The number of benzene rings is 1. The number of nitrogens with one attached hydrogen (secondary N) is 3. The molecule has 1 aromatic carbocycles. The first-order chi connectivity index (χ1) is 15.7. The van der Waals surface area contributed by atoms with Gasteiger partial charge in [0.2, 0.25) is 0 Å². The van der Waals surface area contributed by atoms with Gasteiger partial charge in [0.15, 0.2) is 15.5 Å². The van der Waals surface area contributed by atoms with Gasteiger partial charge in [-0.2, -0.15) is 0 Å². The van der Waals surface area contributed by atoms with Crippen molar-refractivity contribution < 1.29 is 12.8 Å². The normalized spacial score (nSPS) is 14.1. The minimum absolute atomic E-state index is 0.191. The molecule has 0 atom stereocenters. The number of rotatable bonds is 7. The highest BCUT2D eigenvalue weighted by atomic mass is 32.2. The Morgan fingerprint density at radius 1 is 1.09 bits per heavy atom. The smallest absolute Gasteiger partial charge is 0.177 e. The SMILES string of the molecule is Cc1nc2c(Nc3ccc(-c4cc(C)c(C)o4)cc3S(C)(=O)=O)cc(NCC3CC3)nc2[nH]1. The Labute approximate surface area is 192 Å². The van der Waals surface area contributed by atoms with Crippen LogP contribution in [0.4, 0.5) is 17.2 Å². The summed E-state index contributed by atoms with van der Waals surface area (Å²) in [4.78, 5) is 12.6. The zero-order valence-electron chi connectivity index (χ0n) is 19.1. The maximum Gasteiger partial charge on any atom is 0.177 e. The molecule has 0 radical (unpaired) electrons. The molecule has 0 unspecified atom stereocenters. The summed E-state index contributed by atoms with van der Waals surface area (Å²) in [5.74, 6) is 3.61. The van der Waals surface area contributed by atoms with Gasteiger partial charge < -0.3 is 20.0 Å². The topological polar surface area (TPSA) is 113 Å². The summed E-state index contributed by atoms with van der Waals surface area (Å²) in [7, 11) is -3.52. The molecule has 1 aliphatic rings. The van der Waals surface area contributed by atoms with Crippen molar-refractivity contribution in [1.29, 1.82) is 0 Å². The lowest BCUT2D eigenvalue weighted by Gasteiger charge is -2.14. The molecule has 1 saturated carbocycles. The molecule has 1 aliphatic carbocycles. The van der Waals surface area contributed by atoms with E-state index in [1.165, 1.54) is 19.1 Å². The summed E-state index contributed by atoms with van der Waals surface area (Å²) in [5, 5.41) is 6.69. The first-order valence-electron chi connectivity index (χ1n) is 11.0. The van der Waals surface area contributed by atoms with Gasteiger partial charge in [-0.1, -0.05) is 0 Å². The van der Waals surface area contributed by atoms with Gasteiger partial charge in [-0.15, -0.1) is 0 Å². The van der Waals surface area contributed by atoms with Crippen LogP contribution in [-0.4, -0.2) is 36.2 Å². The number of fused-ring (bicyclic) bond motifs is 1. The van der Waals surface area contributed by atoms with Gasteiger partial charge in [-0.3, -0.25) is 0 Å². The van der Waals surface area contributed by atoms with Crippen LogP contribution in [0.3, 0.4) is 0 Å². The number of aromatic amines is 1. The van der Waals surface area contributed by atoms with Crippen LogP contribution in [0.25, 0.3) is 22.5 Å². The van der Waals surface area contributed by atoms with Crippen LogP contribution in [0.2, 0.25) is 0 Å². The van der Waals surface area contributed by atoms with E-state index in [1.54, 1.807) is 12.1 Å². The molecule has 4 aromatic rings. The highest BCUT2D eigenvalue weighted by Crippen LogP contribution is 2.35. The van der Waals surface area contributed by atoms with Gasteiger partial charge in [0.1, 0.15) is 28.7 Å². The summed E-state index contributed by atoms with van der Waals surface area (Å²) in [5.41, 5.74) is 4.19. The van der Waals surface area contributed by atoms with Crippen molar-refractivity contribution in [2.75, 3.05) is 23.4 Å². The van der Waals surface area contributed by atoms with E-state index in [2.05, 4.69) is 25.6 Å². The van der Waals surface area contributed by atoms with Crippen LogP contribution in [0.15, 0.2) is 39.6 Å². The van der Waals surface area contributed by atoms with Gasteiger partial charge in [0, 0.05) is 24.4 Å². The molecule has 0 aliphatic heterocycles. The van der Waals surface area contributed by atoms with E-state index >= 15 is 0 Å². The first-order valence-corrected chi connectivity index (χ1v) is 12.9. The van der Waals surface area contributed by atoms with Crippen LogP contribution in [0.5, 0.6) is 0 Å². The summed E-state index contributed by atoms with van der Waals surface area (Å²) >= 11 is 0. The highest BCUT2D eigenvalue weighted by molar-refractivity contribution is 7.90. The second kappa shape index (κ2) is 7.91. The summed E-state index contributed by atoms with van der Waals surface area (Å²) in [6.07, 6.45) is 3.68. The lowest BCUT2D eigenvalue weighted by molar-refractivity contribution is 0.545. The number of H-pyrrole nitrogens is 1. The van der Waals surface area contributed by atoms with Crippen molar-refractivity contribution in [1.82, 2.24) is 15.0 Å². The van der Waals surface area contributed by atoms with E-state index in [1.807, 2.05) is 39.0 Å². The first kappa shape index (κ1) is 21.5. The fraction of sp³-hybridized carbons (Fsp3) is 0.333.